The van der Waals surface area contributed by atoms with Crippen LogP contribution >= 0.6 is 0 Å². The Bertz CT molecular complexity index is 778. The van der Waals surface area contributed by atoms with Crippen LogP contribution in [0.25, 0.3) is 0 Å². The lowest BCUT2D eigenvalue weighted by atomic mass is 10.1. The molecule has 4 rings (SSSR count). The second-order valence-electron chi connectivity index (χ2n) is 7.08. The molecule has 1 amide bonds. The number of anilines is 2. The van der Waals surface area contributed by atoms with Gasteiger partial charge in [-0.2, -0.15) is 0 Å². The minimum atomic E-state index is -0.0101. The first kappa shape index (κ1) is 18.8. The van der Waals surface area contributed by atoms with Crippen molar-refractivity contribution in [3.05, 3.63) is 54.6 Å². The lowest BCUT2D eigenvalue weighted by Crippen LogP contribution is -2.48. The van der Waals surface area contributed by atoms with E-state index in [2.05, 4.69) is 15.9 Å². The van der Waals surface area contributed by atoms with E-state index in [4.69, 9.17) is 9.47 Å². The molecule has 28 heavy (non-hydrogen) atoms. The maximum Gasteiger partial charge on any atom is 0.265 e. The fourth-order valence-electron chi connectivity index (χ4n) is 3.74. The van der Waals surface area contributed by atoms with Crippen molar-refractivity contribution in [2.24, 2.45) is 0 Å². The molecule has 0 saturated carbocycles. The molecule has 6 nitrogen and oxygen atoms in total. The van der Waals surface area contributed by atoms with Gasteiger partial charge in [0, 0.05) is 39.3 Å². The van der Waals surface area contributed by atoms with Crippen LogP contribution in [0.5, 0.6) is 5.75 Å². The van der Waals surface area contributed by atoms with Crippen LogP contribution < -0.4 is 14.5 Å². The highest BCUT2D eigenvalue weighted by Crippen LogP contribution is 2.32. The van der Waals surface area contributed by atoms with Crippen molar-refractivity contribution in [2.75, 3.05) is 68.9 Å². The van der Waals surface area contributed by atoms with Gasteiger partial charge in [0.1, 0.15) is 5.75 Å². The van der Waals surface area contributed by atoms with E-state index < -0.39 is 0 Å². The molecule has 0 radical (unpaired) electrons. The van der Waals surface area contributed by atoms with Crippen LogP contribution in [0.15, 0.2) is 54.6 Å². The Kier molecular flexibility index (Phi) is 6.09. The number of hydrogen-bond donors (Lipinski definition) is 0. The number of fused-ring (bicyclic) bond motifs is 1. The average molecular weight is 381 g/mol. The summed E-state index contributed by atoms with van der Waals surface area (Å²) < 4.78 is 11.1. The summed E-state index contributed by atoms with van der Waals surface area (Å²) in [7, 11) is 0. The molecule has 2 aromatic carbocycles. The zero-order valence-corrected chi connectivity index (χ0v) is 16.1. The van der Waals surface area contributed by atoms with Crippen LogP contribution in [0, 0.1) is 0 Å². The van der Waals surface area contributed by atoms with Gasteiger partial charge in [0.25, 0.3) is 5.91 Å². The summed E-state index contributed by atoms with van der Waals surface area (Å²) in [6, 6.07) is 17.6. The summed E-state index contributed by atoms with van der Waals surface area (Å²) in [6.07, 6.45) is 0. The Hall–Kier alpha value is -2.57. The highest BCUT2D eigenvalue weighted by Gasteiger charge is 2.27. The summed E-state index contributed by atoms with van der Waals surface area (Å²) in [4.78, 5) is 19.5. The molecular formula is C22H27N3O3. The Balaban J connectivity index is 1.39. The van der Waals surface area contributed by atoms with Crippen molar-refractivity contribution in [3.8, 4) is 5.75 Å². The monoisotopic (exact) mass is 381 g/mol. The minimum Gasteiger partial charge on any atom is -0.484 e. The number of carbonyl (C=O) groups is 1. The molecule has 0 aromatic heterocycles. The van der Waals surface area contributed by atoms with Gasteiger partial charge in [-0.05, 0) is 24.3 Å². The summed E-state index contributed by atoms with van der Waals surface area (Å²) in [5.41, 5.74) is 2.09. The number of carbonyl (C=O) groups excluding carboxylic acids is 1. The molecule has 0 N–H and O–H groups in total. The molecular weight excluding hydrogens is 354 g/mol. The van der Waals surface area contributed by atoms with Crippen molar-refractivity contribution >= 4 is 17.3 Å². The quantitative estimate of drug-likeness (QED) is 0.768. The van der Waals surface area contributed by atoms with Crippen LogP contribution in [0.4, 0.5) is 11.4 Å². The second-order valence-corrected chi connectivity index (χ2v) is 7.08. The van der Waals surface area contributed by atoms with E-state index >= 15 is 0 Å². The first-order valence-corrected chi connectivity index (χ1v) is 9.93. The lowest BCUT2D eigenvalue weighted by molar-refractivity contribution is -0.120. The standard InChI is InChI=1S/C22H27N3O3/c26-22(18-28-19-6-2-1-3-7-19)25-13-12-24(20-8-4-5-9-21(20)25)11-10-23-14-16-27-17-15-23/h1-9H,10-18H2. The maximum absolute atomic E-state index is 12.8. The van der Waals surface area contributed by atoms with Gasteiger partial charge in [-0.1, -0.05) is 30.3 Å². The Labute approximate surface area is 166 Å². The predicted molar refractivity (Wildman–Crippen MR) is 110 cm³/mol. The van der Waals surface area contributed by atoms with Gasteiger partial charge < -0.3 is 19.3 Å². The summed E-state index contributed by atoms with van der Waals surface area (Å²) in [5, 5.41) is 0. The molecule has 0 aliphatic carbocycles. The topological polar surface area (TPSA) is 45.2 Å². The summed E-state index contributed by atoms with van der Waals surface area (Å²) in [5.74, 6) is 0.706. The van der Waals surface area contributed by atoms with Gasteiger partial charge in [0.05, 0.1) is 24.6 Å². The highest BCUT2D eigenvalue weighted by molar-refractivity contribution is 5.98. The highest BCUT2D eigenvalue weighted by atomic mass is 16.5. The third kappa shape index (κ3) is 4.46. The van der Waals surface area contributed by atoms with E-state index in [9.17, 15) is 4.79 Å². The summed E-state index contributed by atoms with van der Waals surface area (Å²) in [6.45, 7) is 7.17. The van der Waals surface area contributed by atoms with Crippen molar-refractivity contribution < 1.29 is 14.3 Å². The second kappa shape index (κ2) is 9.08. The zero-order chi connectivity index (χ0) is 19.2. The van der Waals surface area contributed by atoms with Crippen LogP contribution in [0.3, 0.4) is 0 Å². The van der Waals surface area contributed by atoms with Gasteiger partial charge >= 0.3 is 0 Å². The molecule has 0 unspecified atom stereocenters. The van der Waals surface area contributed by atoms with E-state index in [0.29, 0.717) is 12.3 Å². The lowest BCUT2D eigenvalue weighted by Gasteiger charge is -2.39. The molecule has 2 aliphatic rings. The number of benzene rings is 2. The first-order chi connectivity index (χ1) is 13.8. The largest absolute Gasteiger partial charge is 0.484 e. The number of ether oxygens (including phenoxy) is 2. The first-order valence-electron chi connectivity index (χ1n) is 9.93. The number of amides is 1. The minimum absolute atomic E-state index is 0.0101. The predicted octanol–water partition coefficient (Wildman–Crippen LogP) is 2.25. The number of morpholine rings is 1. The van der Waals surface area contributed by atoms with E-state index in [1.54, 1.807) is 0 Å². The van der Waals surface area contributed by atoms with Crippen molar-refractivity contribution in [1.29, 1.82) is 0 Å². The van der Waals surface area contributed by atoms with Gasteiger partial charge in [-0.25, -0.2) is 0 Å². The molecule has 2 aliphatic heterocycles. The Morgan fingerprint density at radius 1 is 0.857 bits per heavy atom. The van der Waals surface area contributed by atoms with E-state index in [1.165, 1.54) is 0 Å². The van der Waals surface area contributed by atoms with Gasteiger partial charge in [0.2, 0.25) is 0 Å². The van der Waals surface area contributed by atoms with Crippen LogP contribution in [-0.4, -0.2) is 69.9 Å². The Morgan fingerprint density at radius 2 is 1.57 bits per heavy atom. The van der Waals surface area contributed by atoms with Gasteiger partial charge in [-0.3, -0.25) is 9.69 Å². The van der Waals surface area contributed by atoms with Gasteiger partial charge in [-0.15, -0.1) is 0 Å². The average Bonchev–Trinajstić information content (AvgIpc) is 2.77. The number of hydrogen-bond acceptors (Lipinski definition) is 5. The van der Waals surface area contributed by atoms with Crippen LogP contribution in [0.1, 0.15) is 0 Å². The smallest absolute Gasteiger partial charge is 0.265 e. The molecule has 2 heterocycles. The Morgan fingerprint density at radius 3 is 2.36 bits per heavy atom. The maximum atomic E-state index is 12.8. The number of para-hydroxylation sites is 3. The SMILES string of the molecule is O=C(COc1ccccc1)N1CCN(CCN2CCOCC2)c2ccccc21. The molecule has 2 aromatic rings. The fourth-order valence-corrected chi connectivity index (χ4v) is 3.74. The third-order valence-electron chi connectivity index (χ3n) is 5.30. The normalized spacial score (nSPS) is 17.3. The fraction of sp³-hybridized carbons (Fsp3) is 0.409. The van der Waals surface area contributed by atoms with Gasteiger partial charge in [0.15, 0.2) is 6.61 Å². The molecule has 1 saturated heterocycles. The van der Waals surface area contributed by atoms with Crippen LogP contribution in [-0.2, 0) is 9.53 Å². The molecule has 0 spiro atoms. The van der Waals surface area contributed by atoms with E-state index in [0.717, 1.165) is 57.3 Å². The van der Waals surface area contributed by atoms with Crippen molar-refractivity contribution in [3.63, 3.8) is 0 Å². The molecule has 0 bridgehead atoms. The van der Waals surface area contributed by atoms with Crippen molar-refractivity contribution in [1.82, 2.24) is 4.90 Å². The zero-order valence-electron chi connectivity index (χ0n) is 16.1. The van der Waals surface area contributed by atoms with E-state index in [1.807, 2.05) is 53.4 Å². The van der Waals surface area contributed by atoms with E-state index in [-0.39, 0.29) is 12.5 Å². The number of rotatable bonds is 6. The molecule has 148 valence electrons. The molecule has 6 heteroatoms. The summed E-state index contributed by atoms with van der Waals surface area (Å²) >= 11 is 0. The third-order valence-corrected chi connectivity index (χ3v) is 5.30. The van der Waals surface area contributed by atoms with Crippen molar-refractivity contribution in [2.45, 2.75) is 0 Å². The molecule has 1 fully saturated rings. The molecule has 0 atom stereocenters. The van der Waals surface area contributed by atoms with Crippen LogP contribution in [0.2, 0.25) is 0 Å². The number of nitrogens with zero attached hydrogens (tertiary/aromatic N) is 3.